The number of carboxylic acid groups (broad SMARTS) is 1. The van der Waals surface area contributed by atoms with E-state index in [9.17, 15) is 9.59 Å². The van der Waals surface area contributed by atoms with Crippen molar-refractivity contribution in [3.63, 3.8) is 0 Å². The average molecular weight is 362 g/mol. The van der Waals surface area contributed by atoms with Crippen molar-refractivity contribution in [3.8, 4) is 16.9 Å². The van der Waals surface area contributed by atoms with Crippen LogP contribution in [0.5, 0.6) is 5.75 Å². The Morgan fingerprint density at radius 2 is 1.76 bits per heavy atom. The van der Waals surface area contributed by atoms with E-state index in [1.165, 1.54) is 0 Å². The van der Waals surface area contributed by atoms with E-state index in [0.29, 0.717) is 18.7 Å². The fourth-order valence-corrected chi connectivity index (χ4v) is 2.87. The van der Waals surface area contributed by atoms with Crippen molar-refractivity contribution in [3.05, 3.63) is 54.6 Å². The van der Waals surface area contributed by atoms with Gasteiger partial charge in [-0.25, -0.2) is 0 Å². The maximum absolute atomic E-state index is 12.2. The summed E-state index contributed by atoms with van der Waals surface area (Å²) in [6.45, 7) is 0.646. The Balaban J connectivity index is 0.00000225. The van der Waals surface area contributed by atoms with E-state index >= 15 is 0 Å². The van der Waals surface area contributed by atoms with Crippen LogP contribution in [0, 0.1) is 5.92 Å². The van der Waals surface area contributed by atoms with Gasteiger partial charge >= 0.3 is 5.97 Å². The lowest BCUT2D eigenvalue weighted by molar-refractivity contribution is -0.141. The molecular weight excluding hydrogens is 342 g/mol. The Morgan fingerprint density at radius 1 is 1.08 bits per heavy atom. The Kier molecular flexibility index (Phi) is 6.42. The summed E-state index contributed by atoms with van der Waals surface area (Å²) < 4.78 is 5.72. The highest BCUT2D eigenvalue weighted by Gasteiger charge is 2.30. The minimum atomic E-state index is -0.847. The Labute approximate surface area is 152 Å². The van der Waals surface area contributed by atoms with Crippen LogP contribution in [0.15, 0.2) is 54.6 Å². The van der Waals surface area contributed by atoms with E-state index < -0.39 is 11.9 Å². The highest BCUT2D eigenvalue weighted by Crippen LogP contribution is 2.29. The van der Waals surface area contributed by atoms with E-state index in [1.807, 2.05) is 54.6 Å². The number of para-hydroxylation sites is 1. The first-order valence-electron chi connectivity index (χ1n) is 7.93. The normalized spacial score (nSPS) is 16.2. The number of amides is 1. The van der Waals surface area contributed by atoms with Crippen molar-refractivity contribution in [1.29, 1.82) is 0 Å². The van der Waals surface area contributed by atoms with Gasteiger partial charge < -0.3 is 14.7 Å². The van der Waals surface area contributed by atoms with Crippen molar-refractivity contribution in [2.75, 3.05) is 19.7 Å². The lowest BCUT2D eigenvalue weighted by Crippen LogP contribution is -2.33. The summed E-state index contributed by atoms with van der Waals surface area (Å²) in [5.41, 5.74) is 1.95. The molecule has 5 nitrogen and oxygen atoms in total. The van der Waals surface area contributed by atoms with E-state index in [4.69, 9.17) is 9.84 Å². The number of carbonyl (C=O) groups excluding carboxylic acids is 1. The zero-order valence-electron chi connectivity index (χ0n) is 13.6. The molecule has 1 heterocycles. The Hall–Kier alpha value is -2.53. The summed E-state index contributed by atoms with van der Waals surface area (Å²) in [5.74, 6) is -0.848. The van der Waals surface area contributed by atoms with E-state index in [1.54, 1.807) is 4.90 Å². The molecule has 0 spiro atoms. The lowest BCUT2D eigenvalue weighted by atomic mass is 10.1. The topological polar surface area (TPSA) is 66.8 Å². The number of ether oxygens (including phenoxy) is 1. The maximum Gasteiger partial charge on any atom is 0.308 e. The second kappa shape index (κ2) is 8.53. The van der Waals surface area contributed by atoms with Crippen LogP contribution >= 0.6 is 12.4 Å². The van der Waals surface area contributed by atoms with Crippen LogP contribution in [0.3, 0.4) is 0 Å². The molecule has 0 aromatic heterocycles. The molecule has 3 rings (SSSR count). The van der Waals surface area contributed by atoms with Gasteiger partial charge in [0.05, 0.1) is 5.92 Å². The largest absolute Gasteiger partial charge is 0.483 e. The standard InChI is InChI=1S/C19H19NO4.ClH/c21-18(20-11-10-15(12-20)19(22)23)13-24-17-9-5-4-8-16(17)14-6-2-1-3-7-14;/h1-9,15H,10-13H2,(H,22,23);1H. The molecule has 25 heavy (non-hydrogen) atoms. The van der Waals surface area contributed by atoms with Crippen LogP contribution in [0.4, 0.5) is 0 Å². The Bertz CT molecular complexity index is 735. The Morgan fingerprint density at radius 3 is 2.44 bits per heavy atom. The molecule has 2 aromatic carbocycles. The van der Waals surface area contributed by atoms with Crippen molar-refractivity contribution >= 4 is 24.3 Å². The van der Waals surface area contributed by atoms with Gasteiger partial charge in [0.15, 0.2) is 6.61 Å². The van der Waals surface area contributed by atoms with Crippen molar-refractivity contribution < 1.29 is 19.4 Å². The first-order valence-corrected chi connectivity index (χ1v) is 7.93. The van der Waals surface area contributed by atoms with Gasteiger partial charge in [-0.3, -0.25) is 9.59 Å². The molecule has 1 aliphatic rings. The molecule has 0 aliphatic carbocycles. The molecule has 1 saturated heterocycles. The van der Waals surface area contributed by atoms with Crippen molar-refractivity contribution in [1.82, 2.24) is 4.90 Å². The average Bonchev–Trinajstić information content (AvgIpc) is 3.11. The van der Waals surface area contributed by atoms with Gasteiger partial charge in [-0.15, -0.1) is 12.4 Å². The van der Waals surface area contributed by atoms with E-state index in [-0.39, 0.29) is 31.5 Å². The first kappa shape index (κ1) is 18.8. The van der Waals surface area contributed by atoms with Gasteiger partial charge in [-0.2, -0.15) is 0 Å². The van der Waals surface area contributed by atoms with Gasteiger partial charge in [0.1, 0.15) is 5.75 Å². The number of carboxylic acids is 1. The summed E-state index contributed by atoms with van der Waals surface area (Å²) in [6, 6.07) is 17.4. The van der Waals surface area contributed by atoms with Gasteiger partial charge in [-0.1, -0.05) is 48.5 Å². The molecule has 0 bridgehead atoms. The summed E-state index contributed by atoms with van der Waals surface area (Å²) in [6.07, 6.45) is 0.502. The van der Waals surface area contributed by atoms with Gasteiger partial charge in [0.2, 0.25) is 0 Å². The maximum atomic E-state index is 12.2. The zero-order valence-corrected chi connectivity index (χ0v) is 14.4. The molecule has 1 amide bonds. The fourth-order valence-electron chi connectivity index (χ4n) is 2.87. The third kappa shape index (κ3) is 4.51. The summed E-state index contributed by atoms with van der Waals surface area (Å²) >= 11 is 0. The van der Waals surface area contributed by atoms with E-state index in [0.717, 1.165) is 11.1 Å². The molecule has 1 fully saturated rings. The number of aliphatic carboxylic acids is 1. The van der Waals surface area contributed by atoms with Crippen LogP contribution < -0.4 is 4.74 Å². The number of hydrogen-bond donors (Lipinski definition) is 1. The zero-order chi connectivity index (χ0) is 16.9. The molecule has 132 valence electrons. The van der Waals surface area contributed by atoms with Gasteiger partial charge in [0, 0.05) is 18.7 Å². The smallest absolute Gasteiger partial charge is 0.308 e. The van der Waals surface area contributed by atoms with Gasteiger partial charge in [0.25, 0.3) is 5.91 Å². The summed E-state index contributed by atoms with van der Waals surface area (Å²) in [4.78, 5) is 24.8. The van der Waals surface area contributed by atoms with E-state index in [2.05, 4.69) is 0 Å². The highest BCUT2D eigenvalue weighted by atomic mass is 35.5. The number of benzene rings is 2. The highest BCUT2D eigenvalue weighted by molar-refractivity contribution is 5.85. The second-order valence-corrected chi connectivity index (χ2v) is 5.81. The van der Waals surface area contributed by atoms with Crippen LogP contribution in [0.2, 0.25) is 0 Å². The number of rotatable bonds is 5. The van der Waals surface area contributed by atoms with Crippen LogP contribution in [-0.2, 0) is 9.59 Å². The molecular formula is C19H20ClNO4. The number of hydrogen-bond acceptors (Lipinski definition) is 3. The lowest BCUT2D eigenvalue weighted by Gasteiger charge is -2.17. The SMILES string of the molecule is Cl.O=C(O)C1CCN(C(=O)COc2ccccc2-c2ccccc2)C1. The van der Waals surface area contributed by atoms with Crippen LogP contribution in [-0.4, -0.2) is 41.6 Å². The quantitative estimate of drug-likeness (QED) is 0.888. The molecule has 0 saturated carbocycles. The summed E-state index contributed by atoms with van der Waals surface area (Å²) in [7, 11) is 0. The van der Waals surface area contributed by atoms with Gasteiger partial charge in [-0.05, 0) is 18.1 Å². The molecule has 2 aromatic rings. The summed E-state index contributed by atoms with van der Waals surface area (Å²) in [5, 5.41) is 9.01. The third-order valence-electron chi connectivity index (χ3n) is 4.21. The number of nitrogens with zero attached hydrogens (tertiary/aromatic N) is 1. The first-order chi connectivity index (χ1) is 11.6. The molecule has 1 unspecified atom stereocenters. The number of carbonyl (C=O) groups is 2. The molecule has 1 N–H and O–H groups in total. The monoisotopic (exact) mass is 361 g/mol. The molecule has 6 heteroatoms. The predicted molar refractivity (Wildman–Crippen MR) is 96.9 cm³/mol. The number of halogens is 1. The minimum absolute atomic E-state index is 0. The van der Waals surface area contributed by atoms with Crippen molar-refractivity contribution in [2.45, 2.75) is 6.42 Å². The third-order valence-corrected chi connectivity index (χ3v) is 4.21. The predicted octanol–water partition coefficient (Wildman–Crippen LogP) is 3.09. The van der Waals surface area contributed by atoms with Crippen LogP contribution in [0.1, 0.15) is 6.42 Å². The minimum Gasteiger partial charge on any atom is -0.483 e. The van der Waals surface area contributed by atoms with Crippen molar-refractivity contribution in [2.24, 2.45) is 5.92 Å². The molecule has 0 radical (unpaired) electrons. The second-order valence-electron chi connectivity index (χ2n) is 5.81. The molecule has 1 atom stereocenters. The van der Waals surface area contributed by atoms with Crippen LogP contribution in [0.25, 0.3) is 11.1 Å². The fraction of sp³-hybridized carbons (Fsp3) is 0.263. The molecule has 1 aliphatic heterocycles. The number of likely N-dealkylation sites (tertiary alicyclic amines) is 1.